The Morgan fingerprint density at radius 2 is 1.64 bits per heavy atom. The Kier molecular flexibility index (Phi) is 7.52. The number of carbonyl (C=O) groups excluding carboxylic acids is 4. The number of primary amides is 1. The van der Waals surface area contributed by atoms with Gasteiger partial charge in [-0.3, -0.25) is 19.2 Å². The number of carbonyl (C=O) groups is 4. The van der Waals surface area contributed by atoms with Gasteiger partial charge in [0.15, 0.2) is 10.9 Å². The molecule has 0 aromatic heterocycles. The Balaban J connectivity index is 2.08. The Labute approximate surface area is 167 Å². The summed E-state index contributed by atoms with van der Waals surface area (Å²) in [4.78, 5) is 47.6. The fourth-order valence-corrected chi connectivity index (χ4v) is 3.54. The molecule has 7 heteroatoms. The molecule has 0 spiro atoms. The van der Waals surface area contributed by atoms with E-state index in [4.69, 9.17) is 5.73 Å². The highest BCUT2D eigenvalue weighted by atomic mass is 32.2. The van der Waals surface area contributed by atoms with Crippen molar-refractivity contribution in [3.8, 4) is 0 Å². The first kappa shape index (κ1) is 21.4. The highest BCUT2D eigenvalue weighted by molar-refractivity contribution is 8.13. The minimum absolute atomic E-state index is 0.0563. The van der Waals surface area contributed by atoms with Crippen LogP contribution in [-0.4, -0.2) is 34.5 Å². The lowest BCUT2D eigenvalue weighted by Crippen LogP contribution is -2.45. The van der Waals surface area contributed by atoms with Crippen molar-refractivity contribution < 1.29 is 19.2 Å². The number of thioether (sulfide) groups is 1. The van der Waals surface area contributed by atoms with Gasteiger partial charge in [-0.2, -0.15) is 0 Å². The molecule has 0 aliphatic carbocycles. The van der Waals surface area contributed by atoms with Crippen LogP contribution in [0.2, 0.25) is 0 Å². The lowest BCUT2D eigenvalue weighted by molar-refractivity contribution is -0.125. The second-order valence-corrected chi connectivity index (χ2v) is 7.35. The van der Waals surface area contributed by atoms with Crippen molar-refractivity contribution in [2.75, 3.05) is 5.75 Å². The number of nitrogens with one attached hydrogen (secondary N) is 1. The number of amides is 2. The molecular weight excluding hydrogens is 376 g/mol. The van der Waals surface area contributed by atoms with Crippen LogP contribution in [0.3, 0.4) is 0 Å². The van der Waals surface area contributed by atoms with Gasteiger partial charge in [0, 0.05) is 23.8 Å². The van der Waals surface area contributed by atoms with Gasteiger partial charge in [-0.15, -0.1) is 0 Å². The topological polar surface area (TPSA) is 106 Å². The number of rotatable bonds is 8. The summed E-state index contributed by atoms with van der Waals surface area (Å²) < 4.78 is 0. The maximum absolute atomic E-state index is 12.6. The van der Waals surface area contributed by atoms with Crippen molar-refractivity contribution in [3.05, 3.63) is 71.3 Å². The summed E-state index contributed by atoms with van der Waals surface area (Å²) in [5, 5.41) is 2.24. The van der Waals surface area contributed by atoms with Gasteiger partial charge in [0.25, 0.3) is 0 Å². The van der Waals surface area contributed by atoms with Gasteiger partial charge in [-0.25, -0.2) is 0 Å². The minimum atomic E-state index is -0.912. The predicted octanol–water partition coefficient (Wildman–Crippen LogP) is 2.27. The third-order valence-electron chi connectivity index (χ3n) is 4.15. The van der Waals surface area contributed by atoms with Gasteiger partial charge in [0.2, 0.25) is 11.8 Å². The minimum Gasteiger partial charge on any atom is -0.368 e. The van der Waals surface area contributed by atoms with Gasteiger partial charge < -0.3 is 11.1 Å². The van der Waals surface area contributed by atoms with Crippen molar-refractivity contribution in [2.45, 2.75) is 25.8 Å². The molecule has 2 amide bonds. The summed E-state index contributed by atoms with van der Waals surface area (Å²) in [7, 11) is 0. The molecule has 0 radical (unpaired) electrons. The molecule has 0 saturated carbocycles. The quantitative estimate of drug-likeness (QED) is 0.664. The van der Waals surface area contributed by atoms with E-state index in [9.17, 15) is 19.2 Å². The van der Waals surface area contributed by atoms with Gasteiger partial charge >= 0.3 is 0 Å². The van der Waals surface area contributed by atoms with E-state index in [2.05, 4.69) is 5.32 Å². The monoisotopic (exact) mass is 398 g/mol. The van der Waals surface area contributed by atoms with Crippen LogP contribution in [0.1, 0.15) is 41.3 Å². The summed E-state index contributed by atoms with van der Waals surface area (Å²) in [6.07, 6.45) is 0. The fraction of sp³-hybridized carbons (Fsp3) is 0.238. The number of benzene rings is 2. The molecule has 2 aromatic carbocycles. The second kappa shape index (κ2) is 9.85. The summed E-state index contributed by atoms with van der Waals surface area (Å²) in [6.45, 7) is 3.01. The van der Waals surface area contributed by atoms with Crippen LogP contribution in [0.5, 0.6) is 0 Å². The zero-order valence-electron chi connectivity index (χ0n) is 15.7. The highest BCUT2D eigenvalue weighted by Crippen LogP contribution is 2.24. The molecule has 0 fully saturated rings. The predicted molar refractivity (Wildman–Crippen MR) is 109 cm³/mol. The zero-order valence-corrected chi connectivity index (χ0v) is 16.5. The van der Waals surface area contributed by atoms with E-state index in [1.807, 2.05) is 6.07 Å². The fourth-order valence-electron chi connectivity index (χ4n) is 2.57. The first-order chi connectivity index (χ1) is 13.3. The molecule has 6 nitrogen and oxygen atoms in total. The van der Waals surface area contributed by atoms with E-state index in [-0.39, 0.29) is 16.7 Å². The Hall–Kier alpha value is -2.93. The number of hydrogen-bond donors (Lipinski definition) is 2. The lowest BCUT2D eigenvalue weighted by atomic mass is 9.96. The summed E-state index contributed by atoms with van der Waals surface area (Å²) in [5.41, 5.74) is 7.03. The largest absolute Gasteiger partial charge is 0.368 e. The van der Waals surface area contributed by atoms with Crippen LogP contribution in [-0.2, 0) is 14.4 Å². The number of ketones is 1. The normalized spacial score (nSPS) is 12.6. The van der Waals surface area contributed by atoms with Crippen LogP contribution >= 0.6 is 11.8 Å². The smallest absolute Gasteiger partial charge is 0.240 e. The molecule has 0 saturated heterocycles. The van der Waals surface area contributed by atoms with Gasteiger partial charge in [-0.1, -0.05) is 67.2 Å². The Bertz CT molecular complexity index is 883. The zero-order chi connectivity index (χ0) is 20.7. The maximum atomic E-state index is 12.6. The van der Waals surface area contributed by atoms with Crippen molar-refractivity contribution in [1.82, 2.24) is 5.32 Å². The van der Waals surface area contributed by atoms with E-state index in [0.29, 0.717) is 16.7 Å². The molecule has 0 bridgehead atoms. The molecule has 2 aromatic rings. The third kappa shape index (κ3) is 5.79. The van der Waals surface area contributed by atoms with Gasteiger partial charge in [-0.05, 0) is 11.6 Å². The molecule has 0 heterocycles. The second-order valence-electron chi connectivity index (χ2n) is 6.33. The van der Waals surface area contributed by atoms with Crippen molar-refractivity contribution in [3.63, 3.8) is 0 Å². The van der Waals surface area contributed by atoms with E-state index in [1.54, 1.807) is 55.5 Å². The summed E-state index contributed by atoms with van der Waals surface area (Å²) >= 11 is 0.929. The molecular formula is C21H22N2O4S. The standard InChI is InChI=1S/C21H22N2O4S/c1-13(21(27)28-12-18(20(22)26)23-14(2)24)16-9-6-10-17(11-16)19(25)15-7-4-3-5-8-15/h3-11,13,18H,12H2,1-2H3,(H2,22,26)(H,23,24)/t13?,18-/m0/s1. The number of nitrogens with two attached hydrogens (primary N) is 1. The average Bonchev–Trinajstić information content (AvgIpc) is 2.70. The first-order valence-electron chi connectivity index (χ1n) is 8.72. The molecule has 0 aliphatic rings. The molecule has 28 heavy (non-hydrogen) atoms. The first-order valence-corrected chi connectivity index (χ1v) is 9.71. The van der Waals surface area contributed by atoms with Crippen LogP contribution in [0.4, 0.5) is 0 Å². The Morgan fingerprint density at radius 1 is 1.00 bits per heavy atom. The van der Waals surface area contributed by atoms with Gasteiger partial charge in [0.1, 0.15) is 6.04 Å². The van der Waals surface area contributed by atoms with Crippen LogP contribution < -0.4 is 11.1 Å². The third-order valence-corrected chi connectivity index (χ3v) is 5.29. The molecule has 1 unspecified atom stereocenters. The highest BCUT2D eigenvalue weighted by Gasteiger charge is 2.22. The van der Waals surface area contributed by atoms with Crippen LogP contribution in [0.25, 0.3) is 0 Å². The van der Waals surface area contributed by atoms with Crippen LogP contribution in [0.15, 0.2) is 54.6 Å². The van der Waals surface area contributed by atoms with Crippen LogP contribution in [0, 0.1) is 0 Å². The van der Waals surface area contributed by atoms with E-state index in [1.165, 1.54) is 6.92 Å². The molecule has 2 rings (SSSR count). The van der Waals surface area contributed by atoms with Crippen molar-refractivity contribution in [1.29, 1.82) is 0 Å². The summed E-state index contributed by atoms with van der Waals surface area (Å²) in [5.74, 6) is -1.63. The van der Waals surface area contributed by atoms with Crippen molar-refractivity contribution in [2.24, 2.45) is 5.73 Å². The number of hydrogen-bond acceptors (Lipinski definition) is 5. The summed E-state index contributed by atoms with van der Waals surface area (Å²) in [6, 6.07) is 14.9. The van der Waals surface area contributed by atoms with Gasteiger partial charge in [0.05, 0.1) is 5.92 Å². The van der Waals surface area contributed by atoms with Crippen molar-refractivity contribution >= 4 is 34.5 Å². The van der Waals surface area contributed by atoms with E-state index >= 15 is 0 Å². The molecule has 2 atom stereocenters. The lowest BCUT2D eigenvalue weighted by Gasteiger charge is -2.15. The maximum Gasteiger partial charge on any atom is 0.240 e. The molecule has 3 N–H and O–H groups in total. The molecule has 146 valence electrons. The SMILES string of the molecule is CC(=O)N[C@@H](CSC(=O)C(C)c1cccc(C(=O)c2ccccc2)c1)C(N)=O. The van der Waals surface area contributed by atoms with E-state index < -0.39 is 23.8 Å². The molecule has 0 aliphatic heterocycles. The Morgan fingerprint density at radius 3 is 2.25 bits per heavy atom. The average molecular weight is 398 g/mol. The van der Waals surface area contributed by atoms with E-state index in [0.717, 1.165) is 11.8 Å².